The van der Waals surface area contributed by atoms with Gasteiger partial charge in [-0.25, -0.2) is 12.8 Å². The molecule has 1 N–H and O–H groups in total. The Morgan fingerprint density at radius 3 is 2.20 bits per heavy atom. The average molecular weight is 367 g/mol. The van der Waals surface area contributed by atoms with E-state index in [2.05, 4.69) is 9.46 Å². The zero-order valence-corrected chi connectivity index (χ0v) is 14.5. The van der Waals surface area contributed by atoms with E-state index >= 15 is 0 Å². The van der Waals surface area contributed by atoms with Gasteiger partial charge >= 0.3 is 5.97 Å². The quantitative estimate of drug-likeness (QED) is 0.756. The predicted octanol–water partition coefficient (Wildman–Crippen LogP) is 1.90. The fourth-order valence-corrected chi connectivity index (χ4v) is 3.37. The van der Waals surface area contributed by atoms with Crippen LogP contribution >= 0.6 is 0 Å². The van der Waals surface area contributed by atoms with Crippen molar-refractivity contribution in [3.63, 3.8) is 0 Å². The van der Waals surface area contributed by atoms with E-state index in [0.29, 0.717) is 11.3 Å². The third-order valence-electron chi connectivity index (χ3n) is 3.51. The summed E-state index contributed by atoms with van der Waals surface area (Å²) in [5, 5.41) is 0. The van der Waals surface area contributed by atoms with Crippen LogP contribution < -0.4 is 9.46 Å². The summed E-state index contributed by atoms with van der Waals surface area (Å²) in [5.41, 5.74) is 0.592. The lowest BCUT2D eigenvalue weighted by Crippen LogP contribution is -2.42. The first-order valence-electron chi connectivity index (χ1n) is 7.34. The van der Waals surface area contributed by atoms with Gasteiger partial charge in [-0.15, -0.1) is 0 Å². The number of methoxy groups -OCH3 is 2. The first-order chi connectivity index (χ1) is 11.9. The third-order valence-corrected chi connectivity index (χ3v) is 4.99. The Morgan fingerprint density at radius 2 is 1.68 bits per heavy atom. The molecule has 0 aromatic heterocycles. The Bertz CT molecular complexity index is 819. The van der Waals surface area contributed by atoms with Crippen LogP contribution in [0.5, 0.6) is 5.75 Å². The van der Waals surface area contributed by atoms with E-state index in [1.165, 1.54) is 62.8 Å². The van der Waals surface area contributed by atoms with Crippen molar-refractivity contribution in [2.24, 2.45) is 0 Å². The van der Waals surface area contributed by atoms with Gasteiger partial charge < -0.3 is 9.47 Å². The topological polar surface area (TPSA) is 81.7 Å². The minimum atomic E-state index is -3.95. The molecule has 25 heavy (non-hydrogen) atoms. The molecule has 1 atom stereocenters. The summed E-state index contributed by atoms with van der Waals surface area (Å²) < 4.78 is 49.9. The zero-order valence-electron chi connectivity index (χ0n) is 13.7. The molecule has 1 unspecified atom stereocenters. The molecule has 2 rings (SSSR count). The second-order valence-electron chi connectivity index (χ2n) is 5.20. The van der Waals surface area contributed by atoms with Crippen LogP contribution in [-0.2, 0) is 26.0 Å². The van der Waals surface area contributed by atoms with Crippen LogP contribution in [0, 0.1) is 5.82 Å². The summed E-state index contributed by atoms with van der Waals surface area (Å²) in [7, 11) is -1.31. The molecule has 0 aliphatic rings. The number of ether oxygens (including phenoxy) is 2. The van der Waals surface area contributed by atoms with Gasteiger partial charge in [-0.3, -0.25) is 4.79 Å². The number of halogens is 1. The lowest BCUT2D eigenvalue weighted by Gasteiger charge is -2.17. The molecule has 2 aromatic rings. The lowest BCUT2D eigenvalue weighted by molar-refractivity contribution is -0.142. The van der Waals surface area contributed by atoms with E-state index in [4.69, 9.17) is 4.74 Å². The summed E-state index contributed by atoms with van der Waals surface area (Å²) in [6, 6.07) is 10.0. The highest BCUT2D eigenvalue weighted by atomic mass is 32.2. The Labute approximate surface area is 145 Å². The number of benzene rings is 2. The molecular formula is C17H18FNO5S. The molecule has 0 heterocycles. The SMILES string of the molecule is COC(=O)C(Cc1ccc(F)cc1)NS(=O)(=O)c1ccc(OC)cc1. The molecule has 0 amide bonds. The van der Waals surface area contributed by atoms with Crippen molar-refractivity contribution in [2.45, 2.75) is 17.4 Å². The summed E-state index contributed by atoms with van der Waals surface area (Å²) in [6.45, 7) is 0. The first-order valence-corrected chi connectivity index (χ1v) is 8.82. The maximum absolute atomic E-state index is 13.0. The molecule has 0 aliphatic heterocycles. The van der Waals surface area contributed by atoms with Gasteiger partial charge in [0, 0.05) is 0 Å². The van der Waals surface area contributed by atoms with Crippen molar-refractivity contribution >= 4 is 16.0 Å². The number of esters is 1. The molecule has 0 fully saturated rings. The smallest absolute Gasteiger partial charge is 0.324 e. The first kappa shape index (κ1) is 18.9. The van der Waals surface area contributed by atoms with E-state index < -0.39 is 27.9 Å². The van der Waals surface area contributed by atoms with Crippen LogP contribution in [0.25, 0.3) is 0 Å². The molecule has 0 aliphatic carbocycles. The summed E-state index contributed by atoms with van der Waals surface area (Å²) in [5.74, 6) is -0.645. The molecule has 0 spiro atoms. The van der Waals surface area contributed by atoms with Crippen molar-refractivity contribution in [1.82, 2.24) is 4.72 Å². The molecule has 6 nitrogen and oxygen atoms in total. The van der Waals surface area contributed by atoms with Gasteiger partial charge in [-0.2, -0.15) is 4.72 Å². The minimum absolute atomic E-state index is 0.0127. The van der Waals surface area contributed by atoms with Gasteiger partial charge in [-0.05, 0) is 48.4 Å². The Balaban J connectivity index is 2.22. The molecule has 2 aromatic carbocycles. The number of carbonyl (C=O) groups is 1. The number of carbonyl (C=O) groups excluding carboxylic acids is 1. The molecule has 8 heteroatoms. The van der Waals surface area contributed by atoms with E-state index in [9.17, 15) is 17.6 Å². The summed E-state index contributed by atoms with van der Waals surface area (Å²) in [6.07, 6.45) is 0.0301. The Kier molecular flexibility index (Phi) is 6.11. The van der Waals surface area contributed by atoms with Crippen molar-refractivity contribution in [2.75, 3.05) is 14.2 Å². The second-order valence-corrected chi connectivity index (χ2v) is 6.92. The van der Waals surface area contributed by atoms with E-state index in [1.54, 1.807) is 0 Å². The third kappa shape index (κ3) is 5.01. The fraction of sp³-hybridized carbons (Fsp3) is 0.235. The van der Waals surface area contributed by atoms with Gasteiger partial charge in [0.25, 0.3) is 0 Å². The van der Waals surface area contributed by atoms with E-state index in [1.807, 2.05) is 0 Å². The molecule has 0 saturated heterocycles. The van der Waals surface area contributed by atoms with Crippen molar-refractivity contribution in [3.05, 3.63) is 59.9 Å². The highest BCUT2D eigenvalue weighted by Gasteiger charge is 2.26. The molecule has 0 saturated carbocycles. The largest absolute Gasteiger partial charge is 0.497 e. The van der Waals surface area contributed by atoms with Crippen molar-refractivity contribution < 1.29 is 27.1 Å². The lowest BCUT2D eigenvalue weighted by atomic mass is 10.1. The van der Waals surface area contributed by atoms with Crippen LogP contribution in [0.1, 0.15) is 5.56 Å². The minimum Gasteiger partial charge on any atom is -0.497 e. The van der Waals surface area contributed by atoms with Crippen LogP contribution in [-0.4, -0.2) is 34.6 Å². The highest BCUT2D eigenvalue weighted by Crippen LogP contribution is 2.16. The Hall–Kier alpha value is -2.45. The highest BCUT2D eigenvalue weighted by molar-refractivity contribution is 7.89. The number of hydrogen-bond acceptors (Lipinski definition) is 5. The number of nitrogens with one attached hydrogen (secondary N) is 1. The van der Waals surface area contributed by atoms with Crippen LogP contribution in [0.3, 0.4) is 0 Å². The van der Waals surface area contributed by atoms with Crippen LogP contribution in [0.2, 0.25) is 0 Å². The molecule has 0 bridgehead atoms. The van der Waals surface area contributed by atoms with Gasteiger partial charge in [0.2, 0.25) is 10.0 Å². The van der Waals surface area contributed by atoms with Gasteiger partial charge in [0.05, 0.1) is 19.1 Å². The van der Waals surface area contributed by atoms with Crippen LogP contribution in [0.4, 0.5) is 4.39 Å². The summed E-state index contributed by atoms with van der Waals surface area (Å²) in [4.78, 5) is 11.9. The van der Waals surface area contributed by atoms with E-state index in [0.717, 1.165) is 0 Å². The van der Waals surface area contributed by atoms with Crippen molar-refractivity contribution in [1.29, 1.82) is 0 Å². The number of hydrogen-bond donors (Lipinski definition) is 1. The molecule has 134 valence electrons. The van der Waals surface area contributed by atoms with Gasteiger partial charge in [-0.1, -0.05) is 12.1 Å². The van der Waals surface area contributed by atoms with E-state index in [-0.39, 0.29) is 11.3 Å². The normalized spacial score (nSPS) is 12.4. The van der Waals surface area contributed by atoms with Gasteiger partial charge in [0.1, 0.15) is 17.6 Å². The number of sulfonamides is 1. The summed E-state index contributed by atoms with van der Waals surface area (Å²) >= 11 is 0. The predicted molar refractivity (Wildman–Crippen MR) is 89.2 cm³/mol. The molecular weight excluding hydrogens is 349 g/mol. The molecule has 0 radical (unpaired) electrons. The zero-order chi connectivity index (χ0) is 18.4. The maximum Gasteiger partial charge on any atom is 0.324 e. The Morgan fingerprint density at radius 1 is 1.08 bits per heavy atom. The monoisotopic (exact) mass is 367 g/mol. The maximum atomic E-state index is 13.0. The second kappa shape index (κ2) is 8.09. The fourth-order valence-electron chi connectivity index (χ4n) is 2.18. The van der Waals surface area contributed by atoms with Crippen LogP contribution in [0.15, 0.2) is 53.4 Å². The average Bonchev–Trinajstić information content (AvgIpc) is 2.62. The van der Waals surface area contributed by atoms with Gasteiger partial charge in [0.15, 0.2) is 0 Å². The number of rotatable bonds is 7. The van der Waals surface area contributed by atoms with Crippen molar-refractivity contribution in [3.8, 4) is 5.75 Å². The standard InChI is InChI=1S/C17H18FNO5S/c1-23-14-7-9-15(10-8-14)25(21,22)19-16(17(20)24-2)11-12-3-5-13(18)6-4-12/h3-10,16,19H,11H2,1-2H3.